The van der Waals surface area contributed by atoms with Gasteiger partial charge in [0.05, 0.1) is 12.0 Å². The number of ether oxygens (including phenoxy) is 1. The summed E-state index contributed by atoms with van der Waals surface area (Å²) in [5.74, 6) is 2.14. The smallest absolute Gasteiger partial charge is 0.170 e. The van der Waals surface area contributed by atoms with E-state index in [0.29, 0.717) is 11.7 Å². The molecule has 18 heavy (non-hydrogen) atoms. The van der Waals surface area contributed by atoms with Gasteiger partial charge in [0, 0.05) is 9.72 Å². The van der Waals surface area contributed by atoms with Crippen LogP contribution in [0.5, 0.6) is 5.75 Å². The van der Waals surface area contributed by atoms with Gasteiger partial charge in [0.15, 0.2) is 5.78 Å². The number of halogens is 1. The molecule has 1 spiro atoms. The fourth-order valence-corrected chi connectivity index (χ4v) is 4.34. The van der Waals surface area contributed by atoms with Crippen LogP contribution in [0.1, 0.15) is 36.5 Å². The highest BCUT2D eigenvalue weighted by Gasteiger charge is 2.46. The van der Waals surface area contributed by atoms with Gasteiger partial charge in [-0.2, -0.15) is 11.8 Å². The molecule has 0 saturated carbocycles. The minimum Gasteiger partial charge on any atom is -0.485 e. The molecule has 1 aromatic carbocycles. The van der Waals surface area contributed by atoms with E-state index in [-0.39, 0.29) is 11.4 Å². The fourth-order valence-electron chi connectivity index (χ4n) is 2.79. The maximum atomic E-state index is 12.3. The summed E-state index contributed by atoms with van der Waals surface area (Å²) >= 11 is 5.36. The number of Topliss-reactive ketones (excluding diaryl/α,β-unsaturated/α-hetero) is 1. The van der Waals surface area contributed by atoms with Gasteiger partial charge in [-0.05, 0) is 43.7 Å². The van der Waals surface area contributed by atoms with E-state index in [2.05, 4.69) is 22.9 Å². The molecule has 1 aromatic rings. The maximum absolute atomic E-state index is 12.3. The molecule has 1 saturated heterocycles. The summed E-state index contributed by atoms with van der Waals surface area (Å²) in [6.07, 6.45) is 2.64. The summed E-state index contributed by atoms with van der Waals surface area (Å²) in [7, 11) is 0. The molecule has 2 nitrogen and oxygen atoms in total. The van der Waals surface area contributed by atoms with Crippen LogP contribution in [0.25, 0.3) is 0 Å². The molecule has 4 heteroatoms. The quantitative estimate of drug-likeness (QED) is 0.718. The van der Waals surface area contributed by atoms with Crippen molar-refractivity contribution in [3.63, 3.8) is 0 Å². The predicted molar refractivity (Wildman–Crippen MR) is 77.6 cm³/mol. The van der Waals surface area contributed by atoms with Gasteiger partial charge in [-0.1, -0.05) is 15.9 Å². The molecule has 3 rings (SSSR count). The SMILES string of the molecule is CC1SCCCC12CC(=O)c1ccc(Br)cc1O2. The molecule has 2 aliphatic rings. The Morgan fingerprint density at radius 2 is 2.33 bits per heavy atom. The molecule has 1 fully saturated rings. The molecule has 0 N–H and O–H groups in total. The topological polar surface area (TPSA) is 26.3 Å². The van der Waals surface area contributed by atoms with Gasteiger partial charge >= 0.3 is 0 Å². The molecule has 0 bridgehead atoms. The molecule has 2 atom stereocenters. The van der Waals surface area contributed by atoms with Crippen LogP contribution >= 0.6 is 27.7 Å². The van der Waals surface area contributed by atoms with Crippen LogP contribution in [0, 0.1) is 0 Å². The van der Waals surface area contributed by atoms with E-state index in [4.69, 9.17) is 4.74 Å². The lowest BCUT2D eigenvalue weighted by Crippen LogP contribution is -2.51. The van der Waals surface area contributed by atoms with Crippen molar-refractivity contribution in [1.82, 2.24) is 0 Å². The lowest BCUT2D eigenvalue weighted by atomic mass is 9.84. The predicted octanol–water partition coefficient (Wildman–Crippen LogP) is 4.07. The lowest BCUT2D eigenvalue weighted by molar-refractivity contribution is 0.0329. The molecule has 96 valence electrons. The molecular weight excluding hydrogens is 312 g/mol. The van der Waals surface area contributed by atoms with E-state index < -0.39 is 0 Å². The number of carbonyl (C=O) groups is 1. The van der Waals surface area contributed by atoms with Gasteiger partial charge in [0.25, 0.3) is 0 Å². The van der Waals surface area contributed by atoms with Crippen LogP contribution in [0.2, 0.25) is 0 Å². The van der Waals surface area contributed by atoms with E-state index in [9.17, 15) is 4.79 Å². The van der Waals surface area contributed by atoms with Crippen molar-refractivity contribution in [3.8, 4) is 5.75 Å². The monoisotopic (exact) mass is 326 g/mol. The Morgan fingerprint density at radius 3 is 3.11 bits per heavy atom. The van der Waals surface area contributed by atoms with Crippen molar-refractivity contribution >= 4 is 33.5 Å². The van der Waals surface area contributed by atoms with Crippen molar-refractivity contribution in [1.29, 1.82) is 0 Å². The minimum absolute atomic E-state index is 0.220. The van der Waals surface area contributed by atoms with Crippen LogP contribution in [0.3, 0.4) is 0 Å². The van der Waals surface area contributed by atoms with E-state index in [1.807, 2.05) is 30.0 Å². The molecule has 0 aliphatic carbocycles. The molecular formula is C14H15BrO2S. The summed E-state index contributed by atoms with van der Waals surface area (Å²) < 4.78 is 7.21. The van der Waals surface area contributed by atoms with Crippen LogP contribution in [0.4, 0.5) is 0 Å². The van der Waals surface area contributed by atoms with Crippen LogP contribution in [-0.2, 0) is 0 Å². The zero-order valence-electron chi connectivity index (χ0n) is 10.2. The molecule has 0 aromatic heterocycles. The first-order valence-electron chi connectivity index (χ1n) is 6.24. The number of hydrogen-bond acceptors (Lipinski definition) is 3. The Kier molecular flexibility index (Phi) is 3.18. The van der Waals surface area contributed by atoms with Crippen LogP contribution in [0.15, 0.2) is 22.7 Å². The second-order valence-corrected chi connectivity index (χ2v) is 7.39. The van der Waals surface area contributed by atoms with Gasteiger partial charge in [0.1, 0.15) is 11.4 Å². The standard InChI is InChI=1S/C14H15BrO2S/c1-9-14(5-2-6-18-9)8-12(16)11-4-3-10(15)7-13(11)17-14/h3-4,7,9H,2,5-6,8H2,1H3. The second-order valence-electron chi connectivity index (χ2n) is 5.02. The molecule has 2 unspecified atom stereocenters. The summed E-state index contributed by atoms with van der Waals surface area (Å²) in [6, 6.07) is 5.67. The van der Waals surface area contributed by atoms with Crippen molar-refractivity contribution < 1.29 is 9.53 Å². The van der Waals surface area contributed by atoms with Gasteiger partial charge in [-0.15, -0.1) is 0 Å². The average molecular weight is 327 g/mol. The number of ketones is 1. The Morgan fingerprint density at radius 1 is 1.50 bits per heavy atom. The first-order chi connectivity index (χ1) is 8.61. The summed E-state index contributed by atoms with van der Waals surface area (Å²) in [6.45, 7) is 2.18. The molecule has 2 aliphatic heterocycles. The van der Waals surface area contributed by atoms with E-state index in [1.54, 1.807) is 0 Å². The van der Waals surface area contributed by atoms with Crippen LogP contribution in [-0.4, -0.2) is 22.4 Å². The molecule has 0 amide bonds. The largest absolute Gasteiger partial charge is 0.485 e. The highest BCUT2D eigenvalue weighted by Crippen LogP contribution is 2.45. The Hall–Kier alpha value is -0.480. The number of benzene rings is 1. The Balaban J connectivity index is 2.01. The highest BCUT2D eigenvalue weighted by molar-refractivity contribution is 9.10. The molecule has 2 heterocycles. The van der Waals surface area contributed by atoms with Gasteiger partial charge < -0.3 is 4.74 Å². The number of rotatable bonds is 0. The summed E-state index contributed by atoms with van der Waals surface area (Å²) in [5.41, 5.74) is 0.444. The first kappa shape index (κ1) is 12.5. The highest BCUT2D eigenvalue weighted by atomic mass is 79.9. The first-order valence-corrected chi connectivity index (χ1v) is 8.08. The third-order valence-corrected chi connectivity index (χ3v) is 5.82. The van der Waals surface area contributed by atoms with Gasteiger partial charge in [-0.25, -0.2) is 0 Å². The third kappa shape index (κ3) is 1.99. The number of thioether (sulfide) groups is 1. The maximum Gasteiger partial charge on any atom is 0.170 e. The Bertz CT molecular complexity index is 503. The minimum atomic E-state index is -0.284. The summed E-state index contributed by atoms with van der Waals surface area (Å²) in [5, 5.41) is 0.377. The van der Waals surface area contributed by atoms with E-state index in [1.165, 1.54) is 5.75 Å². The normalized spacial score (nSPS) is 31.0. The lowest BCUT2D eigenvalue weighted by Gasteiger charge is -2.44. The number of carbonyl (C=O) groups excluding carboxylic acids is 1. The molecule has 0 radical (unpaired) electrons. The van der Waals surface area contributed by atoms with Gasteiger partial charge in [-0.3, -0.25) is 4.79 Å². The van der Waals surface area contributed by atoms with E-state index >= 15 is 0 Å². The fraction of sp³-hybridized carbons (Fsp3) is 0.500. The van der Waals surface area contributed by atoms with Crippen molar-refractivity contribution in [2.75, 3.05) is 5.75 Å². The third-order valence-electron chi connectivity index (χ3n) is 3.87. The van der Waals surface area contributed by atoms with Crippen molar-refractivity contribution in [3.05, 3.63) is 28.2 Å². The van der Waals surface area contributed by atoms with Gasteiger partial charge in [0.2, 0.25) is 0 Å². The van der Waals surface area contributed by atoms with E-state index in [0.717, 1.165) is 28.6 Å². The number of fused-ring (bicyclic) bond motifs is 1. The summed E-state index contributed by atoms with van der Waals surface area (Å²) in [4.78, 5) is 12.3. The average Bonchev–Trinajstić information content (AvgIpc) is 2.32. The van der Waals surface area contributed by atoms with Crippen LogP contribution < -0.4 is 4.74 Å². The second kappa shape index (κ2) is 4.57. The Labute approximate surface area is 120 Å². The van der Waals surface area contributed by atoms with Crippen molar-refractivity contribution in [2.24, 2.45) is 0 Å². The number of hydrogen-bond donors (Lipinski definition) is 0. The van der Waals surface area contributed by atoms with Crippen molar-refractivity contribution in [2.45, 2.75) is 37.0 Å². The zero-order chi connectivity index (χ0) is 12.8. The zero-order valence-corrected chi connectivity index (χ0v) is 12.6.